The van der Waals surface area contributed by atoms with Crippen LogP contribution in [0.3, 0.4) is 0 Å². The van der Waals surface area contributed by atoms with Gasteiger partial charge in [0.1, 0.15) is 0 Å². The molecule has 0 aliphatic rings. The Hall–Kier alpha value is -0.501. The van der Waals surface area contributed by atoms with Gasteiger partial charge in [-0.25, -0.2) is 0 Å². The molecule has 0 saturated heterocycles. The van der Waals surface area contributed by atoms with Crippen molar-refractivity contribution >= 4 is 32.7 Å². The molecule has 2 aromatic carbocycles. The Morgan fingerprint density at radius 1 is 0.652 bits per heavy atom. The van der Waals surface area contributed by atoms with Crippen LogP contribution in [0.25, 0.3) is 10.8 Å². The van der Waals surface area contributed by atoms with E-state index in [1.54, 1.807) is 16.9 Å². The zero-order valence-corrected chi connectivity index (χ0v) is 18.3. The Bertz CT molecular complexity index is 566. The van der Waals surface area contributed by atoms with Gasteiger partial charge in [-0.3, -0.25) is 0 Å². The molecule has 0 fully saturated rings. The van der Waals surface area contributed by atoms with E-state index in [4.69, 9.17) is 0 Å². The molecule has 2 rings (SSSR count). The van der Waals surface area contributed by atoms with Crippen LogP contribution in [0.4, 0.5) is 0 Å². The zero-order chi connectivity index (χ0) is 16.5. The van der Waals surface area contributed by atoms with Crippen molar-refractivity contribution in [3.63, 3.8) is 0 Å². The van der Waals surface area contributed by atoms with E-state index in [1.165, 1.54) is 49.3 Å². The summed E-state index contributed by atoms with van der Waals surface area (Å²) in [4.78, 5) is 0. The molecule has 23 heavy (non-hydrogen) atoms. The summed E-state index contributed by atoms with van der Waals surface area (Å²) < 4.78 is 6.48. The Morgan fingerprint density at radius 2 is 1.17 bits per heavy atom. The molecule has 0 nitrogen and oxygen atoms in total. The Balaban J connectivity index is 2.41. The predicted octanol–water partition coefficient (Wildman–Crippen LogP) is 6.90. The normalized spacial score (nSPS) is 12.0. The second-order valence-corrected chi connectivity index (χ2v) is 20.4. The monoisotopic (exact) mass is 418 g/mol. The average Bonchev–Trinajstić information content (AvgIpc) is 2.61. The summed E-state index contributed by atoms with van der Waals surface area (Å²) in [7, 11) is 0. The van der Waals surface area contributed by atoms with Gasteiger partial charge in [0, 0.05) is 0 Å². The van der Waals surface area contributed by atoms with Crippen molar-refractivity contribution in [1.82, 2.24) is 0 Å². The first-order valence-electron chi connectivity index (χ1n) is 9.75. The summed E-state index contributed by atoms with van der Waals surface area (Å²) in [5, 5.41) is 2.86. The molecule has 0 heterocycles. The number of hydrogen-bond acceptors (Lipinski definition) is 0. The summed E-state index contributed by atoms with van der Waals surface area (Å²) >= 11 is -2.25. The maximum absolute atomic E-state index is 2.58. The van der Waals surface area contributed by atoms with Crippen LogP contribution in [-0.4, -0.2) is 18.4 Å². The van der Waals surface area contributed by atoms with E-state index in [1.807, 2.05) is 0 Å². The van der Waals surface area contributed by atoms with Gasteiger partial charge in [0.25, 0.3) is 0 Å². The fourth-order valence-electron chi connectivity index (χ4n) is 3.87. The van der Waals surface area contributed by atoms with Gasteiger partial charge in [-0.2, -0.15) is 0 Å². The van der Waals surface area contributed by atoms with Crippen molar-refractivity contribution in [2.45, 2.75) is 72.6 Å². The molecule has 0 atom stereocenters. The van der Waals surface area contributed by atoms with Crippen molar-refractivity contribution < 1.29 is 0 Å². The van der Waals surface area contributed by atoms with Crippen molar-refractivity contribution in [3.8, 4) is 0 Å². The number of benzene rings is 2. The molecule has 2 aromatic rings. The van der Waals surface area contributed by atoms with Crippen LogP contribution in [0.1, 0.15) is 59.3 Å². The van der Waals surface area contributed by atoms with Gasteiger partial charge in [-0.05, 0) is 0 Å². The molecule has 0 aliphatic heterocycles. The second kappa shape index (κ2) is 9.71. The molecule has 0 spiro atoms. The SMILES string of the molecule is CCC[CH2][Sn]([CH2]CCC)([CH2]CCC)[c]1ccc2ccccc2c1. The van der Waals surface area contributed by atoms with Crippen LogP contribution >= 0.6 is 0 Å². The fourth-order valence-corrected chi connectivity index (χ4v) is 19.9. The van der Waals surface area contributed by atoms with Gasteiger partial charge in [-0.15, -0.1) is 0 Å². The molecule has 0 unspecified atom stereocenters. The van der Waals surface area contributed by atoms with Crippen LogP contribution in [-0.2, 0) is 0 Å². The van der Waals surface area contributed by atoms with E-state index in [-0.39, 0.29) is 0 Å². The van der Waals surface area contributed by atoms with E-state index < -0.39 is 18.4 Å². The molecule has 0 aliphatic carbocycles. The summed E-state index contributed by atoms with van der Waals surface area (Å²) in [5.41, 5.74) is 0. The molecular weight excluding hydrogens is 383 g/mol. The molecule has 1 heteroatoms. The van der Waals surface area contributed by atoms with Crippen LogP contribution in [0, 0.1) is 0 Å². The van der Waals surface area contributed by atoms with E-state index in [0.29, 0.717) is 0 Å². The van der Waals surface area contributed by atoms with Crippen LogP contribution in [0.2, 0.25) is 13.3 Å². The third-order valence-corrected chi connectivity index (χ3v) is 21.0. The van der Waals surface area contributed by atoms with E-state index in [9.17, 15) is 0 Å². The fraction of sp³-hybridized carbons (Fsp3) is 0.545. The van der Waals surface area contributed by atoms with Gasteiger partial charge in [0.15, 0.2) is 0 Å². The molecule has 0 aromatic heterocycles. The first-order valence-corrected chi connectivity index (χ1v) is 17.2. The molecule has 0 bridgehead atoms. The maximum atomic E-state index is 2.58. The number of rotatable bonds is 10. The summed E-state index contributed by atoms with van der Waals surface area (Å²) in [6.45, 7) is 7.07. The van der Waals surface area contributed by atoms with Crippen molar-refractivity contribution in [3.05, 3.63) is 42.5 Å². The molecule has 0 radical (unpaired) electrons. The molecule has 0 N–H and O–H groups in total. The minimum absolute atomic E-state index is 1.35. The first-order chi connectivity index (χ1) is 11.3. The summed E-state index contributed by atoms with van der Waals surface area (Å²) in [6.07, 6.45) is 8.38. The minimum atomic E-state index is -2.25. The van der Waals surface area contributed by atoms with Gasteiger partial charge >= 0.3 is 148 Å². The van der Waals surface area contributed by atoms with E-state index in [0.717, 1.165) is 0 Å². The number of hydrogen-bond donors (Lipinski definition) is 0. The van der Waals surface area contributed by atoms with Gasteiger partial charge in [0.2, 0.25) is 0 Å². The molecular formula is C22H34Sn. The predicted molar refractivity (Wildman–Crippen MR) is 108 cm³/mol. The van der Waals surface area contributed by atoms with Crippen LogP contribution < -0.4 is 3.58 Å². The first kappa shape index (κ1) is 18.8. The van der Waals surface area contributed by atoms with E-state index in [2.05, 4.69) is 63.2 Å². The Kier molecular flexibility index (Phi) is 7.95. The van der Waals surface area contributed by atoms with Gasteiger partial charge in [0.05, 0.1) is 0 Å². The van der Waals surface area contributed by atoms with Gasteiger partial charge in [-0.1, -0.05) is 0 Å². The molecule has 0 amide bonds. The third-order valence-electron chi connectivity index (χ3n) is 5.39. The number of fused-ring (bicyclic) bond motifs is 1. The second-order valence-electron chi connectivity index (χ2n) is 7.15. The topological polar surface area (TPSA) is 0 Å². The van der Waals surface area contributed by atoms with E-state index >= 15 is 0 Å². The average molecular weight is 417 g/mol. The summed E-state index contributed by atoms with van der Waals surface area (Å²) in [6, 6.07) is 16.4. The Labute approximate surface area is 147 Å². The Morgan fingerprint density at radius 3 is 1.70 bits per heavy atom. The van der Waals surface area contributed by atoms with Crippen LogP contribution in [0.5, 0.6) is 0 Å². The summed E-state index contributed by atoms with van der Waals surface area (Å²) in [5.74, 6) is 0. The van der Waals surface area contributed by atoms with Crippen LogP contribution in [0.15, 0.2) is 42.5 Å². The standard InChI is InChI=1S/C10H7.3C4H9.Sn/c1-2-6-10-8-4-3-7-9(10)5-1;3*1-3-4-2;/h1-3,5-8H;3*1,3-4H2,2H3;. The quantitative estimate of drug-likeness (QED) is 0.369. The zero-order valence-electron chi connectivity index (χ0n) is 15.4. The molecule has 0 saturated carbocycles. The van der Waals surface area contributed by atoms with Gasteiger partial charge < -0.3 is 0 Å². The van der Waals surface area contributed by atoms with Crippen molar-refractivity contribution in [2.75, 3.05) is 0 Å². The van der Waals surface area contributed by atoms with Crippen molar-refractivity contribution in [2.24, 2.45) is 0 Å². The molecule has 126 valence electrons. The third kappa shape index (κ3) is 4.98. The van der Waals surface area contributed by atoms with Crippen molar-refractivity contribution in [1.29, 1.82) is 0 Å². The number of unbranched alkanes of at least 4 members (excludes halogenated alkanes) is 3.